The Hall–Kier alpha value is -2.29. The van der Waals surface area contributed by atoms with E-state index in [1.807, 2.05) is 55.5 Å². The number of carbonyl (C=O) groups excluding carboxylic acids is 1. The minimum atomic E-state index is 0.0945. The van der Waals surface area contributed by atoms with Crippen LogP contribution in [0.25, 0.3) is 0 Å². The quantitative estimate of drug-likeness (QED) is 0.866. The minimum Gasteiger partial charge on any atom is -0.399 e. The molecule has 0 aromatic heterocycles. The molecule has 2 aromatic carbocycles. The van der Waals surface area contributed by atoms with Crippen molar-refractivity contribution in [2.45, 2.75) is 19.8 Å². The lowest BCUT2D eigenvalue weighted by atomic mass is 10.1. The normalized spacial score (nSPS) is 10.3. The zero-order chi connectivity index (χ0) is 14.5. The van der Waals surface area contributed by atoms with Crippen LogP contribution in [0.15, 0.2) is 48.5 Å². The summed E-state index contributed by atoms with van der Waals surface area (Å²) in [4.78, 5) is 13.9. The van der Waals surface area contributed by atoms with E-state index in [1.165, 1.54) is 5.56 Å². The Kier molecular flexibility index (Phi) is 4.41. The summed E-state index contributed by atoms with van der Waals surface area (Å²) in [6, 6.07) is 15.6. The highest BCUT2D eigenvalue weighted by Gasteiger charge is 2.11. The van der Waals surface area contributed by atoms with Gasteiger partial charge in [-0.3, -0.25) is 4.79 Å². The average Bonchev–Trinajstić information content (AvgIpc) is 2.46. The van der Waals surface area contributed by atoms with Crippen molar-refractivity contribution in [2.75, 3.05) is 17.7 Å². The Morgan fingerprint density at radius 2 is 1.75 bits per heavy atom. The second-order valence-electron chi connectivity index (χ2n) is 4.99. The van der Waals surface area contributed by atoms with Gasteiger partial charge in [-0.1, -0.05) is 35.9 Å². The van der Waals surface area contributed by atoms with Crippen LogP contribution in [0, 0.1) is 6.92 Å². The molecule has 0 saturated carbocycles. The van der Waals surface area contributed by atoms with Crippen molar-refractivity contribution in [2.24, 2.45) is 0 Å². The summed E-state index contributed by atoms with van der Waals surface area (Å²) < 4.78 is 0. The fraction of sp³-hybridized carbons (Fsp3) is 0.235. The molecule has 20 heavy (non-hydrogen) atoms. The molecule has 3 nitrogen and oxygen atoms in total. The summed E-state index contributed by atoms with van der Waals surface area (Å²) in [7, 11) is 1.81. The Morgan fingerprint density at radius 1 is 1.10 bits per heavy atom. The molecule has 0 aliphatic carbocycles. The van der Waals surface area contributed by atoms with Gasteiger partial charge in [0.05, 0.1) is 0 Å². The van der Waals surface area contributed by atoms with Crippen molar-refractivity contribution in [3.05, 3.63) is 59.7 Å². The highest BCUT2D eigenvalue weighted by molar-refractivity contribution is 5.92. The van der Waals surface area contributed by atoms with Crippen LogP contribution in [-0.4, -0.2) is 13.0 Å². The van der Waals surface area contributed by atoms with E-state index in [0.29, 0.717) is 12.8 Å². The van der Waals surface area contributed by atoms with Gasteiger partial charge in [0.2, 0.25) is 5.91 Å². The molecule has 0 spiro atoms. The van der Waals surface area contributed by atoms with Crippen molar-refractivity contribution < 1.29 is 4.79 Å². The lowest BCUT2D eigenvalue weighted by Crippen LogP contribution is -2.26. The molecule has 0 unspecified atom stereocenters. The monoisotopic (exact) mass is 268 g/mol. The number of aryl methyl sites for hydroxylation is 2. The van der Waals surface area contributed by atoms with E-state index in [2.05, 4.69) is 0 Å². The standard InChI is InChI=1S/C17H20N2O/c1-13-7-10-15(11-8-13)19(2)17(20)12-9-14-5-3-4-6-16(14)18/h3-8,10-11H,9,12,18H2,1-2H3. The van der Waals surface area contributed by atoms with E-state index in [1.54, 1.807) is 11.9 Å². The summed E-state index contributed by atoms with van der Waals surface area (Å²) in [6.07, 6.45) is 1.13. The number of hydrogen-bond acceptors (Lipinski definition) is 2. The molecule has 2 N–H and O–H groups in total. The molecular formula is C17H20N2O. The topological polar surface area (TPSA) is 46.3 Å². The third-order valence-electron chi connectivity index (χ3n) is 3.46. The number of benzene rings is 2. The van der Waals surface area contributed by atoms with Crippen molar-refractivity contribution >= 4 is 17.3 Å². The molecule has 0 saturated heterocycles. The number of anilines is 2. The Morgan fingerprint density at radius 3 is 2.40 bits per heavy atom. The predicted molar refractivity (Wildman–Crippen MR) is 83.8 cm³/mol. The van der Waals surface area contributed by atoms with E-state index in [9.17, 15) is 4.79 Å². The molecule has 2 aromatic rings. The van der Waals surface area contributed by atoms with Crippen LogP contribution < -0.4 is 10.6 Å². The molecule has 3 heteroatoms. The average molecular weight is 268 g/mol. The van der Waals surface area contributed by atoms with Gasteiger partial charge in [-0.25, -0.2) is 0 Å². The maximum Gasteiger partial charge on any atom is 0.227 e. The van der Waals surface area contributed by atoms with Gasteiger partial charge < -0.3 is 10.6 Å². The summed E-state index contributed by atoms with van der Waals surface area (Å²) >= 11 is 0. The number of rotatable bonds is 4. The molecule has 0 aliphatic heterocycles. The van der Waals surface area contributed by atoms with E-state index in [-0.39, 0.29) is 5.91 Å². The highest BCUT2D eigenvalue weighted by atomic mass is 16.2. The fourth-order valence-corrected chi connectivity index (χ4v) is 2.08. The van der Waals surface area contributed by atoms with Gasteiger partial charge in [-0.05, 0) is 37.1 Å². The van der Waals surface area contributed by atoms with E-state index in [4.69, 9.17) is 5.73 Å². The van der Waals surface area contributed by atoms with Gasteiger partial charge in [0, 0.05) is 24.8 Å². The molecule has 0 aliphatic rings. The van der Waals surface area contributed by atoms with Crippen LogP contribution >= 0.6 is 0 Å². The van der Waals surface area contributed by atoms with Crippen LogP contribution in [-0.2, 0) is 11.2 Å². The molecule has 1 amide bonds. The summed E-state index contributed by atoms with van der Waals surface area (Å²) in [5.41, 5.74) is 9.77. The first kappa shape index (κ1) is 14.1. The molecule has 0 fully saturated rings. The molecule has 0 radical (unpaired) electrons. The molecule has 0 bridgehead atoms. The predicted octanol–water partition coefficient (Wildman–Crippen LogP) is 3.17. The zero-order valence-corrected chi connectivity index (χ0v) is 12.0. The molecule has 0 atom stereocenters. The summed E-state index contributed by atoms with van der Waals surface area (Å²) in [6.45, 7) is 2.03. The number of nitrogens with two attached hydrogens (primary N) is 1. The molecular weight excluding hydrogens is 248 g/mol. The van der Waals surface area contributed by atoms with Gasteiger partial charge in [-0.15, -0.1) is 0 Å². The zero-order valence-electron chi connectivity index (χ0n) is 12.0. The van der Waals surface area contributed by atoms with Crippen molar-refractivity contribution in [3.8, 4) is 0 Å². The van der Waals surface area contributed by atoms with Gasteiger partial charge in [0.15, 0.2) is 0 Å². The Balaban J connectivity index is 1.98. The number of amides is 1. The first-order valence-electron chi connectivity index (χ1n) is 6.74. The highest BCUT2D eigenvalue weighted by Crippen LogP contribution is 2.17. The Bertz CT molecular complexity index is 590. The minimum absolute atomic E-state index is 0.0945. The van der Waals surface area contributed by atoms with Gasteiger partial charge in [0.1, 0.15) is 0 Å². The van der Waals surface area contributed by atoms with Crippen molar-refractivity contribution in [1.82, 2.24) is 0 Å². The van der Waals surface area contributed by atoms with E-state index >= 15 is 0 Å². The van der Waals surface area contributed by atoms with Gasteiger partial charge in [0.25, 0.3) is 0 Å². The largest absolute Gasteiger partial charge is 0.399 e. The maximum atomic E-state index is 12.2. The Labute approximate surface area is 120 Å². The molecule has 104 valence electrons. The van der Waals surface area contributed by atoms with Crippen LogP contribution in [0.4, 0.5) is 11.4 Å². The lowest BCUT2D eigenvalue weighted by Gasteiger charge is -2.17. The third kappa shape index (κ3) is 3.38. The van der Waals surface area contributed by atoms with Crippen molar-refractivity contribution in [1.29, 1.82) is 0 Å². The van der Waals surface area contributed by atoms with Gasteiger partial charge in [-0.2, -0.15) is 0 Å². The fourth-order valence-electron chi connectivity index (χ4n) is 2.08. The maximum absolute atomic E-state index is 12.2. The third-order valence-corrected chi connectivity index (χ3v) is 3.46. The number of para-hydroxylation sites is 1. The number of nitrogen functional groups attached to an aromatic ring is 1. The first-order chi connectivity index (χ1) is 9.58. The van der Waals surface area contributed by atoms with Gasteiger partial charge >= 0.3 is 0 Å². The van der Waals surface area contributed by atoms with Crippen molar-refractivity contribution in [3.63, 3.8) is 0 Å². The number of hydrogen-bond donors (Lipinski definition) is 1. The van der Waals surface area contributed by atoms with Crippen LogP contribution in [0.3, 0.4) is 0 Å². The lowest BCUT2D eigenvalue weighted by molar-refractivity contribution is -0.118. The summed E-state index contributed by atoms with van der Waals surface area (Å²) in [5.74, 6) is 0.0945. The van der Waals surface area contributed by atoms with Crippen LogP contribution in [0.1, 0.15) is 17.5 Å². The summed E-state index contributed by atoms with van der Waals surface area (Å²) in [5, 5.41) is 0. The molecule has 2 rings (SSSR count). The van der Waals surface area contributed by atoms with Crippen LogP contribution in [0.2, 0.25) is 0 Å². The van der Waals surface area contributed by atoms with E-state index < -0.39 is 0 Å². The smallest absolute Gasteiger partial charge is 0.227 e. The second-order valence-corrected chi connectivity index (χ2v) is 4.99. The molecule has 0 heterocycles. The number of nitrogens with zero attached hydrogens (tertiary/aromatic N) is 1. The second kappa shape index (κ2) is 6.24. The SMILES string of the molecule is Cc1ccc(N(C)C(=O)CCc2ccccc2N)cc1. The number of carbonyl (C=O) groups is 1. The first-order valence-corrected chi connectivity index (χ1v) is 6.74. The van der Waals surface area contributed by atoms with Crippen LogP contribution in [0.5, 0.6) is 0 Å². The van der Waals surface area contributed by atoms with E-state index in [0.717, 1.165) is 16.9 Å².